The van der Waals surface area contributed by atoms with Crippen LogP contribution < -0.4 is 5.32 Å². The zero-order valence-corrected chi connectivity index (χ0v) is 12.5. The van der Waals surface area contributed by atoms with Gasteiger partial charge in [0.15, 0.2) is 0 Å². The third kappa shape index (κ3) is 2.98. The van der Waals surface area contributed by atoms with Crippen molar-refractivity contribution < 1.29 is 4.79 Å². The van der Waals surface area contributed by atoms with E-state index in [1.54, 1.807) is 12.4 Å². The largest absolute Gasteiger partial charge is 0.310 e. The Morgan fingerprint density at radius 2 is 2.09 bits per heavy atom. The first-order chi connectivity index (χ1) is 10.8. The predicted octanol–water partition coefficient (Wildman–Crippen LogP) is 3.02. The summed E-state index contributed by atoms with van der Waals surface area (Å²) in [5.41, 5.74) is 2.99. The predicted molar refractivity (Wildman–Crippen MR) is 86.6 cm³/mol. The number of carbonyl (C=O) groups is 1. The molecule has 0 bridgehead atoms. The van der Waals surface area contributed by atoms with Gasteiger partial charge in [-0.15, -0.1) is 0 Å². The molecular formula is C17H18N4O. The molecular weight excluding hydrogens is 276 g/mol. The number of fused-ring (bicyclic) bond motifs is 1. The molecule has 5 heteroatoms. The average molecular weight is 294 g/mol. The van der Waals surface area contributed by atoms with Crippen molar-refractivity contribution in [3.63, 3.8) is 0 Å². The van der Waals surface area contributed by atoms with E-state index < -0.39 is 0 Å². The Kier molecular flexibility index (Phi) is 4.14. The minimum atomic E-state index is -0.0335. The van der Waals surface area contributed by atoms with E-state index in [2.05, 4.69) is 15.3 Å². The first-order valence-electron chi connectivity index (χ1n) is 7.42. The Labute approximate surface area is 129 Å². The maximum atomic E-state index is 12.1. The fraction of sp³-hybridized carbons (Fsp3) is 0.235. The van der Waals surface area contributed by atoms with Crippen LogP contribution in [0.2, 0.25) is 0 Å². The summed E-state index contributed by atoms with van der Waals surface area (Å²) in [5, 5.41) is 2.91. The molecule has 2 heterocycles. The Balaban J connectivity index is 1.71. The van der Waals surface area contributed by atoms with Crippen molar-refractivity contribution in [3.05, 3.63) is 54.4 Å². The van der Waals surface area contributed by atoms with Crippen LogP contribution in [0.5, 0.6) is 0 Å². The minimum absolute atomic E-state index is 0.0335. The normalized spacial score (nSPS) is 10.8. The van der Waals surface area contributed by atoms with Crippen molar-refractivity contribution in [2.45, 2.75) is 26.3 Å². The van der Waals surface area contributed by atoms with Gasteiger partial charge in [-0.2, -0.15) is 0 Å². The maximum absolute atomic E-state index is 12.1. The van der Waals surface area contributed by atoms with Crippen molar-refractivity contribution in [2.24, 2.45) is 0 Å². The summed E-state index contributed by atoms with van der Waals surface area (Å²) < 4.78 is 2.01. The number of pyridine rings is 1. The molecule has 3 rings (SSSR count). The summed E-state index contributed by atoms with van der Waals surface area (Å²) in [6, 6.07) is 11.7. The molecule has 2 aromatic heterocycles. The summed E-state index contributed by atoms with van der Waals surface area (Å²) in [4.78, 5) is 20.7. The second kappa shape index (κ2) is 6.39. The highest BCUT2D eigenvalue weighted by Crippen LogP contribution is 2.19. The lowest BCUT2D eigenvalue weighted by Crippen LogP contribution is -2.16. The van der Waals surface area contributed by atoms with Gasteiger partial charge in [0, 0.05) is 25.4 Å². The molecule has 3 aromatic rings. The zero-order valence-electron chi connectivity index (χ0n) is 12.5. The lowest BCUT2D eigenvalue weighted by Gasteiger charge is -2.07. The number of rotatable bonds is 5. The number of nitrogens with zero attached hydrogens (tertiary/aromatic N) is 3. The van der Waals surface area contributed by atoms with Crippen molar-refractivity contribution in [3.8, 4) is 0 Å². The Hall–Kier alpha value is -2.69. The van der Waals surface area contributed by atoms with Crippen LogP contribution >= 0.6 is 0 Å². The molecule has 5 nitrogen and oxygen atoms in total. The van der Waals surface area contributed by atoms with Gasteiger partial charge in [-0.3, -0.25) is 15.1 Å². The molecule has 1 amide bonds. The molecule has 112 valence electrons. The van der Waals surface area contributed by atoms with Crippen LogP contribution in [0.4, 0.5) is 5.95 Å². The topological polar surface area (TPSA) is 59.8 Å². The smallest absolute Gasteiger partial charge is 0.227 e. The number of anilines is 1. The summed E-state index contributed by atoms with van der Waals surface area (Å²) in [5.74, 6) is 0.578. The number of hydrogen-bond donors (Lipinski definition) is 1. The van der Waals surface area contributed by atoms with Gasteiger partial charge in [0.05, 0.1) is 11.0 Å². The van der Waals surface area contributed by atoms with E-state index in [4.69, 9.17) is 0 Å². The molecule has 1 N–H and O–H groups in total. The first-order valence-corrected chi connectivity index (χ1v) is 7.42. The van der Waals surface area contributed by atoms with Crippen LogP contribution in [0.15, 0.2) is 48.8 Å². The number of benzene rings is 1. The van der Waals surface area contributed by atoms with Gasteiger partial charge in [-0.05, 0) is 37.1 Å². The molecule has 0 saturated carbocycles. The number of aryl methyl sites for hydroxylation is 2. The highest BCUT2D eigenvalue weighted by Gasteiger charge is 2.11. The quantitative estimate of drug-likeness (QED) is 0.787. The summed E-state index contributed by atoms with van der Waals surface area (Å²) >= 11 is 0. The number of para-hydroxylation sites is 2. The molecule has 0 atom stereocenters. The van der Waals surface area contributed by atoms with Gasteiger partial charge in [0.1, 0.15) is 0 Å². The molecule has 22 heavy (non-hydrogen) atoms. The van der Waals surface area contributed by atoms with Gasteiger partial charge in [0.2, 0.25) is 11.9 Å². The van der Waals surface area contributed by atoms with E-state index in [1.165, 1.54) is 0 Å². The fourth-order valence-corrected chi connectivity index (χ4v) is 2.48. The van der Waals surface area contributed by atoms with E-state index in [9.17, 15) is 4.79 Å². The molecule has 0 saturated heterocycles. The highest BCUT2D eigenvalue weighted by molar-refractivity contribution is 5.91. The fourth-order valence-electron chi connectivity index (χ4n) is 2.48. The average Bonchev–Trinajstić information content (AvgIpc) is 2.91. The Bertz CT molecular complexity index is 780. The molecule has 0 aliphatic heterocycles. The second-order valence-electron chi connectivity index (χ2n) is 5.08. The van der Waals surface area contributed by atoms with E-state index in [0.717, 1.165) is 23.1 Å². The van der Waals surface area contributed by atoms with Crippen molar-refractivity contribution >= 4 is 22.9 Å². The monoisotopic (exact) mass is 294 g/mol. The summed E-state index contributed by atoms with van der Waals surface area (Å²) in [6.45, 7) is 2.80. The molecule has 0 radical (unpaired) electrons. The molecule has 0 spiro atoms. The van der Waals surface area contributed by atoms with Crippen LogP contribution in [0, 0.1) is 0 Å². The Morgan fingerprint density at radius 1 is 1.23 bits per heavy atom. The number of imidazole rings is 1. The number of aromatic nitrogens is 3. The lowest BCUT2D eigenvalue weighted by atomic mass is 10.1. The van der Waals surface area contributed by atoms with Gasteiger partial charge in [-0.25, -0.2) is 4.98 Å². The molecule has 0 aliphatic rings. The van der Waals surface area contributed by atoms with Crippen LogP contribution in [-0.2, 0) is 17.8 Å². The van der Waals surface area contributed by atoms with E-state index in [0.29, 0.717) is 18.8 Å². The third-order valence-electron chi connectivity index (χ3n) is 3.59. The second-order valence-corrected chi connectivity index (χ2v) is 5.08. The van der Waals surface area contributed by atoms with E-state index >= 15 is 0 Å². The van der Waals surface area contributed by atoms with Crippen molar-refractivity contribution in [1.82, 2.24) is 14.5 Å². The van der Waals surface area contributed by atoms with E-state index in [-0.39, 0.29) is 5.91 Å². The Morgan fingerprint density at radius 3 is 2.86 bits per heavy atom. The maximum Gasteiger partial charge on any atom is 0.227 e. The van der Waals surface area contributed by atoms with Crippen molar-refractivity contribution in [2.75, 3.05) is 5.32 Å². The summed E-state index contributed by atoms with van der Waals surface area (Å²) in [7, 11) is 0. The lowest BCUT2D eigenvalue weighted by molar-refractivity contribution is -0.116. The van der Waals surface area contributed by atoms with Gasteiger partial charge in [-0.1, -0.05) is 18.2 Å². The van der Waals surface area contributed by atoms with Crippen LogP contribution in [-0.4, -0.2) is 20.4 Å². The van der Waals surface area contributed by atoms with Gasteiger partial charge >= 0.3 is 0 Å². The third-order valence-corrected chi connectivity index (χ3v) is 3.59. The van der Waals surface area contributed by atoms with Crippen molar-refractivity contribution in [1.29, 1.82) is 0 Å². The minimum Gasteiger partial charge on any atom is -0.310 e. The zero-order chi connectivity index (χ0) is 15.4. The summed E-state index contributed by atoms with van der Waals surface area (Å²) in [6.07, 6.45) is 4.60. The number of hydrogen-bond acceptors (Lipinski definition) is 3. The number of amides is 1. The molecule has 1 aromatic carbocycles. The van der Waals surface area contributed by atoms with Crippen LogP contribution in [0.25, 0.3) is 11.0 Å². The van der Waals surface area contributed by atoms with Gasteiger partial charge in [0.25, 0.3) is 0 Å². The number of nitrogens with one attached hydrogen (secondary N) is 1. The van der Waals surface area contributed by atoms with E-state index in [1.807, 2.05) is 47.9 Å². The van der Waals surface area contributed by atoms with Gasteiger partial charge < -0.3 is 4.57 Å². The molecule has 0 aliphatic carbocycles. The molecule has 0 unspecified atom stereocenters. The van der Waals surface area contributed by atoms with Crippen LogP contribution in [0.3, 0.4) is 0 Å². The first kappa shape index (κ1) is 14.3. The molecule has 0 fully saturated rings. The van der Waals surface area contributed by atoms with Crippen LogP contribution in [0.1, 0.15) is 18.9 Å². The SMILES string of the molecule is CCn1c(NC(=O)CCc2cccnc2)nc2ccccc21. The highest BCUT2D eigenvalue weighted by atomic mass is 16.1. The number of carbonyl (C=O) groups excluding carboxylic acids is 1. The standard InChI is InChI=1S/C17H18N4O/c1-2-21-15-8-4-3-7-14(15)19-17(21)20-16(22)10-9-13-6-5-11-18-12-13/h3-8,11-12H,2,9-10H2,1H3,(H,19,20,22).